The second kappa shape index (κ2) is 6.85. The molecule has 2 aliphatic rings. The molecule has 0 saturated carbocycles. The normalized spacial score (nSPS) is 26.7. The Morgan fingerprint density at radius 2 is 1.72 bits per heavy atom. The van der Waals surface area contributed by atoms with E-state index < -0.39 is 0 Å². The van der Waals surface area contributed by atoms with Crippen molar-refractivity contribution in [2.45, 2.75) is 38.8 Å². The molecule has 0 spiro atoms. The number of hydrogen-bond donors (Lipinski definition) is 2. The summed E-state index contributed by atoms with van der Waals surface area (Å²) < 4.78 is 0. The molecule has 2 saturated heterocycles. The molecule has 0 aromatic heterocycles. The van der Waals surface area contributed by atoms with Crippen molar-refractivity contribution in [2.24, 2.45) is 11.7 Å². The minimum absolute atomic E-state index is 0.373. The highest BCUT2D eigenvalue weighted by molar-refractivity contribution is 4.84. The van der Waals surface area contributed by atoms with E-state index in [-0.39, 0.29) is 0 Å². The molecule has 4 heteroatoms. The molecule has 18 heavy (non-hydrogen) atoms. The molecule has 0 radical (unpaired) electrons. The van der Waals surface area contributed by atoms with Gasteiger partial charge in [0.1, 0.15) is 0 Å². The van der Waals surface area contributed by atoms with E-state index in [1.807, 2.05) is 0 Å². The van der Waals surface area contributed by atoms with E-state index in [0.717, 1.165) is 25.6 Å². The zero-order chi connectivity index (χ0) is 13.0. The van der Waals surface area contributed by atoms with Crippen LogP contribution in [0, 0.1) is 5.92 Å². The topological polar surface area (TPSA) is 44.5 Å². The summed E-state index contributed by atoms with van der Waals surface area (Å²) in [5.41, 5.74) is 6.42. The van der Waals surface area contributed by atoms with E-state index in [9.17, 15) is 0 Å². The summed E-state index contributed by atoms with van der Waals surface area (Å²) in [6, 6.07) is 1.06. The van der Waals surface area contributed by atoms with Gasteiger partial charge in [-0.3, -0.25) is 4.90 Å². The molecule has 2 aliphatic heterocycles. The first kappa shape index (κ1) is 14.3. The summed E-state index contributed by atoms with van der Waals surface area (Å²) in [7, 11) is 0. The van der Waals surface area contributed by atoms with Crippen molar-refractivity contribution in [1.29, 1.82) is 0 Å². The number of hydrogen-bond acceptors (Lipinski definition) is 4. The van der Waals surface area contributed by atoms with Gasteiger partial charge in [0.15, 0.2) is 0 Å². The predicted molar refractivity (Wildman–Crippen MR) is 76.7 cm³/mol. The van der Waals surface area contributed by atoms with Crippen molar-refractivity contribution in [1.82, 2.24) is 15.1 Å². The fourth-order valence-corrected chi connectivity index (χ4v) is 3.20. The van der Waals surface area contributed by atoms with Crippen molar-refractivity contribution in [3.05, 3.63) is 0 Å². The van der Waals surface area contributed by atoms with Crippen LogP contribution in [0.1, 0.15) is 26.7 Å². The fraction of sp³-hybridized carbons (Fsp3) is 1.00. The van der Waals surface area contributed by atoms with Crippen LogP contribution in [0.5, 0.6) is 0 Å². The van der Waals surface area contributed by atoms with Crippen molar-refractivity contribution >= 4 is 0 Å². The summed E-state index contributed by atoms with van der Waals surface area (Å²) in [6.45, 7) is 12.7. The first-order valence-corrected chi connectivity index (χ1v) is 7.59. The van der Waals surface area contributed by atoms with Gasteiger partial charge < -0.3 is 16.0 Å². The predicted octanol–water partition coefficient (Wildman–Crippen LogP) is 0.339. The van der Waals surface area contributed by atoms with Crippen molar-refractivity contribution < 1.29 is 0 Å². The fourth-order valence-electron chi connectivity index (χ4n) is 3.20. The van der Waals surface area contributed by atoms with Gasteiger partial charge in [-0.05, 0) is 45.7 Å². The highest BCUT2D eigenvalue weighted by Gasteiger charge is 2.26. The van der Waals surface area contributed by atoms with Crippen LogP contribution in [-0.2, 0) is 0 Å². The molecule has 2 fully saturated rings. The smallest absolute Gasteiger partial charge is 0.0197 e. The lowest BCUT2D eigenvalue weighted by Gasteiger charge is -2.38. The van der Waals surface area contributed by atoms with E-state index in [1.54, 1.807) is 0 Å². The molecule has 0 bridgehead atoms. The molecule has 0 amide bonds. The first-order chi connectivity index (χ1) is 8.66. The maximum Gasteiger partial charge on any atom is 0.0197 e. The number of nitrogens with two attached hydrogens (primary N) is 1. The number of rotatable bonds is 4. The molecule has 106 valence electrons. The average Bonchev–Trinajstić information content (AvgIpc) is 2.40. The molecule has 0 aromatic rings. The highest BCUT2D eigenvalue weighted by atomic mass is 15.2. The van der Waals surface area contributed by atoms with E-state index in [0.29, 0.717) is 12.1 Å². The van der Waals surface area contributed by atoms with Crippen LogP contribution in [0.25, 0.3) is 0 Å². The summed E-state index contributed by atoms with van der Waals surface area (Å²) in [4.78, 5) is 5.10. The van der Waals surface area contributed by atoms with E-state index >= 15 is 0 Å². The van der Waals surface area contributed by atoms with Gasteiger partial charge in [0, 0.05) is 44.8 Å². The van der Waals surface area contributed by atoms with Crippen molar-refractivity contribution in [3.63, 3.8) is 0 Å². The largest absolute Gasteiger partial charge is 0.326 e. The first-order valence-electron chi connectivity index (χ1n) is 7.59. The van der Waals surface area contributed by atoms with Crippen LogP contribution >= 0.6 is 0 Å². The third-order valence-electron chi connectivity index (χ3n) is 4.59. The number of likely N-dealkylation sites (tertiary alicyclic amines) is 1. The molecular weight excluding hydrogens is 224 g/mol. The Balaban J connectivity index is 1.71. The van der Waals surface area contributed by atoms with Gasteiger partial charge in [-0.25, -0.2) is 0 Å². The Morgan fingerprint density at radius 3 is 2.28 bits per heavy atom. The lowest BCUT2D eigenvalue weighted by Crippen LogP contribution is -2.51. The summed E-state index contributed by atoms with van der Waals surface area (Å²) >= 11 is 0. The third-order valence-corrected chi connectivity index (χ3v) is 4.59. The molecule has 3 N–H and O–H groups in total. The van der Waals surface area contributed by atoms with Gasteiger partial charge in [-0.2, -0.15) is 0 Å². The van der Waals surface area contributed by atoms with E-state index in [1.165, 1.54) is 39.0 Å². The average molecular weight is 254 g/mol. The Labute approximate surface area is 112 Å². The minimum Gasteiger partial charge on any atom is -0.326 e. The van der Waals surface area contributed by atoms with Gasteiger partial charge in [-0.1, -0.05) is 0 Å². The third kappa shape index (κ3) is 3.92. The van der Waals surface area contributed by atoms with Gasteiger partial charge >= 0.3 is 0 Å². The van der Waals surface area contributed by atoms with E-state index in [4.69, 9.17) is 5.73 Å². The second-order valence-corrected chi connectivity index (χ2v) is 6.18. The Bertz CT molecular complexity index is 230. The van der Waals surface area contributed by atoms with E-state index in [2.05, 4.69) is 29.0 Å². The SMILES string of the molecule is CC(C)N1CCC(C(N)CN2CCNCC2)CC1. The quantitative estimate of drug-likeness (QED) is 0.759. The molecule has 0 aliphatic carbocycles. The van der Waals surface area contributed by atoms with Crippen LogP contribution in [0.3, 0.4) is 0 Å². The van der Waals surface area contributed by atoms with Gasteiger partial charge in [0.25, 0.3) is 0 Å². The zero-order valence-corrected chi connectivity index (χ0v) is 12.1. The maximum atomic E-state index is 6.42. The Hall–Kier alpha value is -0.160. The Kier molecular flexibility index (Phi) is 5.42. The van der Waals surface area contributed by atoms with Crippen LogP contribution in [0.15, 0.2) is 0 Å². The number of piperidine rings is 1. The van der Waals surface area contributed by atoms with Crippen molar-refractivity contribution in [2.75, 3.05) is 45.8 Å². The zero-order valence-electron chi connectivity index (χ0n) is 12.1. The summed E-state index contributed by atoms with van der Waals surface area (Å²) in [5, 5.41) is 3.40. The van der Waals surface area contributed by atoms with Crippen LogP contribution in [0.2, 0.25) is 0 Å². The second-order valence-electron chi connectivity index (χ2n) is 6.18. The maximum absolute atomic E-state index is 6.42. The minimum atomic E-state index is 0.373. The van der Waals surface area contributed by atoms with Crippen LogP contribution in [-0.4, -0.2) is 67.7 Å². The van der Waals surface area contributed by atoms with Gasteiger partial charge in [0.05, 0.1) is 0 Å². The summed E-state index contributed by atoms with van der Waals surface area (Å²) in [5.74, 6) is 0.731. The Morgan fingerprint density at radius 1 is 1.11 bits per heavy atom. The van der Waals surface area contributed by atoms with Gasteiger partial charge in [-0.15, -0.1) is 0 Å². The number of piperazine rings is 1. The van der Waals surface area contributed by atoms with Crippen LogP contribution < -0.4 is 11.1 Å². The molecule has 1 unspecified atom stereocenters. The molecule has 4 nitrogen and oxygen atoms in total. The number of nitrogens with zero attached hydrogens (tertiary/aromatic N) is 2. The lowest BCUT2D eigenvalue weighted by atomic mass is 9.89. The molecule has 0 aromatic carbocycles. The van der Waals surface area contributed by atoms with Crippen LogP contribution in [0.4, 0.5) is 0 Å². The molecule has 2 rings (SSSR count). The molecular formula is C14H30N4. The molecule has 1 atom stereocenters. The molecule has 2 heterocycles. The standard InChI is InChI=1S/C14H30N4/c1-12(2)18-7-3-13(4-8-18)14(15)11-17-9-5-16-6-10-17/h12-14,16H,3-11,15H2,1-2H3. The number of nitrogens with one attached hydrogen (secondary N) is 1. The monoisotopic (exact) mass is 254 g/mol. The van der Waals surface area contributed by atoms with Gasteiger partial charge in [0.2, 0.25) is 0 Å². The summed E-state index contributed by atoms with van der Waals surface area (Å²) in [6.07, 6.45) is 2.57. The van der Waals surface area contributed by atoms with Crippen molar-refractivity contribution in [3.8, 4) is 0 Å². The highest BCUT2D eigenvalue weighted by Crippen LogP contribution is 2.21. The lowest BCUT2D eigenvalue weighted by molar-refractivity contribution is 0.122.